The number of carbonyl (C=O) groups is 1. The van der Waals surface area contributed by atoms with Crippen molar-refractivity contribution in [1.29, 1.82) is 0 Å². The number of benzene rings is 3. The Kier molecular flexibility index (Phi) is 7.42. The molecule has 0 bridgehead atoms. The number of carbonyl (C=O) groups excluding carboxylic acids is 1. The van der Waals surface area contributed by atoms with Gasteiger partial charge in [0.05, 0.1) is 6.21 Å². The van der Waals surface area contributed by atoms with Crippen molar-refractivity contribution in [3.63, 3.8) is 0 Å². The molecule has 1 heterocycles. The summed E-state index contributed by atoms with van der Waals surface area (Å²) in [6, 6.07) is 21.0. The van der Waals surface area contributed by atoms with Crippen molar-refractivity contribution in [3.8, 4) is 5.75 Å². The fourth-order valence-electron chi connectivity index (χ4n) is 3.22. The van der Waals surface area contributed by atoms with Crippen LogP contribution in [0.3, 0.4) is 0 Å². The topological polar surface area (TPSA) is 63.8 Å². The van der Waals surface area contributed by atoms with Gasteiger partial charge >= 0.3 is 5.91 Å². The smallest absolute Gasteiger partial charge is 0.307 e. The molecule has 0 aliphatic heterocycles. The van der Waals surface area contributed by atoms with E-state index in [4.69, 9.17) is 9.15 Å². The van der Waals surface area contributed by atoms with Gasteiger partial charge in [0.1, 0.15) is 17.9 Å². The van der Waals surface area contributed by atoms with Crippen LogP contribution in [0, 0.1) is 0 Å². The Morgan fingerprint density at radius 2 is 1.82 bits per heavy atom. The van der Waals surface area contributed by atoms with Crippen molar-refractivity contribution in [3.05, 3.63) is 111 Å². The highest BCUT2D eigenvalue weighted by Crippen LogP contribution is 2.24. The summed E-state index contributed by atoms with van der Waals surface area (Å²) in [5.41, 5.74) is 6.04. The first kappa shape index (κ1) is 23.0. The fraction of sp³-hybridized carbons (Fsp3) is 0.0769. The van der Waals surface area contributed by atoms with Crippen LogP contribution in [-0.4, -0.2) is 12.1 Å². The summed E-state index contributed by atoms with van der Waals surface area (Å²) in [5, 5.41) is 4.91. The van der Waals surface area contributed by atoms with Crippen LogP contribution < -0.4 is 10.2 Å². The molecule has 0 unspecified atom stereocenters. The van der Waals surface area contributed by atoms with Gasteiger partial charge in [0.2, 0.25) is 0 Å². The molecule has 1 amide bonds. The predicted molar refractivity (Wildman–Crippen MR) is 138 cm³/mol. The number of amides is 1. The monoisotopic (exact) mass is 566 g/mol. The Morgan fingerprint density at radius 3 is 2.61 bits per heavy atom. The first-order valence-electron chi connectivity index (χ1n) is 10.2. The van der Waals surface area contributed by atoms with E-state index < -0.39 is 5.91 Å². The zero-order valence-corrected chi connectivity index (χ0v) is 20.7. The molecule has 0 saturated heterocycles. The summed E-state index contributed by atoms with van der Waals surface area (Å²) in [7, 11) is 0. The van der Waals surface area contributed by atoms with Crippen molar-refractivity contribution in [1.82, 2.24) is 5.43 Å². The van der Waals surface area contributed by atoms with Crippen LogP contribution in [0.5, 0.6) is 5.75 Å². The molecule has 5 nitrogen and oxygen atoms in total. The molecule has 0 radical (unpaired) electrons. The lowest BCUT2D eigenvalue weighted by atomic mass is 10.1. The van der Waals surface area contributed by atoms with Crippen LogP contribution in [-0.2, 0) is 13.0 Å². The van der Waals surface area contributed by atoms with Gasteiger partial charge in [-0.05, 0) is 77.7 Å². The summed E-state index contributed by atoms with van der Waals surface area (Å²) >= 11 is 6.85. The summed E-state index contributed by atoms with van der Waals surface area (Å²) in [4.78, 5) is 12.4. The Bertz CT molecular complexity index is 1330. The van der Waals surface area contributed by atoms with Crippen molar-refractivity contribution in [2.75, 3.05) is 0 Å². The molecule has 0 fully saturated rings. The van der Waals surface area contributed by atoms with Crippen LogP contribution in [0.2, 0.25) is 0 Å². The van der Waals surface area contributed by atoms with Gasteiger partial charge < -0.3 is 9.15 Å². The van der Waals surface area contributed by atoms with Gasteiger partial charge in [-0.15, -0.1) is 6.58 Å². The average molecular weight is 568 g/mol. The number of nitrogens with one attached hydrogen (secondary N) is 1. The maximum atomic E-state index is 12.4. The van der Waals surface area contributed by atoms with E-state index in [9.17, 15) is 4.79 Å². The largest absolute Gasteiger partial charge is 0.489 e. The number of hydrogen-bond acceptors (Lipinski definition) is 4. The molecular formula is C26H20Br2N2O3. The number of fused-ring (bicyclic) bond motifs is 1. The molecule has 166 valence electrons. The van der Waals surface area contributed by atoms with Gasteiger partial charge in [0.15, 0.2) is 5.76 Å². The SMILES string of the molecule is C=CCc1cc(/C=N/NC(=O)c2cc3cc(Br)ccc3o2)ccc1OCc1ccc(Br)cc1. The van der Waals surface area contributed by atoms with Crippen molar-refractivity contribution >= 4 is 55.0 Å². The number of hydrazone groups is 1. The molecule has 3 aromatic carbocycles. The van der Waals surface area contributed by atoms with E-state index in [2.05, 4.69) is 49.0 Å². The lowest BCUT2D eigenvalue weighted by molar-refractivity contribution is 0.0929. The molecule has 0 spiro atoms. The average Bonchev–Trinajstić information content (AvgIpc) is 3.23. The summed E-state index contributed by atoms with van der Waals surface area (Å²) in [5.74, 6) is 0.566. The van der Waals surface area contributed by atoms with Crippen molar-refractivity contribution in [2.24, 2.45) is 5.10 Å². The minimum Gasteiger partial charge on any atom is -0.489 e. The van der Waals surface area contributed by atoms with E-state index in [1.807, 2.05) is 60.7 Å². The molecule has 0 aliphatic rings. The number of furan rings is 1. The number of rotatable bonds is 8. The molecule has 33 heavy (non-hydrogen) atoms. The normalized spacial score (nSPS) is 11.1. The van der Waals surface area contributed by atoms with Crippen LogP contribution in [0.1, 0.15) is 27.2 Å². The highest BCUT2D eigenvalue weighted by Gasteiger charge is 2.12. The zero-order chi connectivity index (χ0) is 23.2. The van der Waals surface area contributed by atoms with E-state index in [0.717, 1.165) is 36.8 Å². The lowest BCUT2D eigenvalue weighted by Crippen LogP contribution is -2.16. The molecule has 0 saturated carbocycles. The number of halogens is 2. The summed E-state index contributed by atoms with van der Waals surface area (Å²) in [6.45, 7) is 4.30. The molecule has 7 heteroatoms. The Balaban J connectivity index is 1.42. The van der Waals surface area contributed by atoms with Crippen LogP contribution in [0.15, 0.2) is 97.8 Å². The number of allylic oxidation sites excluding steroid dienone is 1. The highest BCUT2D eigenvalue weighted by molar-refractivity contribution is 9.10. The molecular weight excluding hydrogens is 548 g/mol. The Morgan fingerprint density at radius 1 is 1.03 bits per heavy atom. The van der Waals surface area contributed by atoms with Gasteiger partial charge in [-0.1, -0.05) is 50.1 Å². The minimum absolute atomic E-state index is 0.198. The molecule has 0 atom stereocenters. The van der Waals surface area contributed by atoms with Crippen LogP contribution in [0.4, 0.5) is 0 Å². The molecule has 4 aromatic rings. The Hall–Kier alpha value is -3.16. The van der Waals surface area contributed by atoms with Gasteiger partial charge in [0.25, 0.3) is 0 Å². The zero-order valence-electron chi connectivity index (χ0n) is 17.6. The van der Waals surface area contributed by atoms with E-state index in [0.29, 0.717) is 18.6 Å². The van der Waals surface area contributed by atoms with Crippen LogP contribution >= 0.6 is 31.9 Å². The fourth-order valence-corrected chi connectivity index (χ4v) is 3.87. The van der Waals surface area contributed by atoms with E-state index in [1.165, 1.54) is 0 Å². The van der Waals surface area contributed by atoms with E-state index in [-0.39, 0.29) is 5.76 Å². The second kappa shape index (κ2) is 10.6. The third kappa shape index (κ3) is 6.00. The van der Waals surface area contributed by atoms with E-state index >= 15 is 0 Å². The third-order valence-corrected chi connectivity index (χ3v) is 5.86. The first-order valence-corrected chi connectivity index (χ1v) is 11.7. The van der Waals surface area contributed by atoms with Crippen LogP contribution in [0.25, 0.3) is 11.0 Å². The molecule has 1 aromatic heterocycles. The standard InChI is InChI=1S/C26H20Br2N2O3/c1-2-3-19-12-18(6-10-23(19)32-16-17-4-7-21(27)8-5-17)15-29-30-26(31)25-14-20-13-22(28)9-11-24(20)33-25/h2,4-15H,1,3,16H2,(H,30,31)/b29-15+. The van der Waals surface area contributed by atoms with E-state index in [1.54, 1.807) is 18.3 Å². The van der Waals surface area contributed by atoms with Crippen molar-refractivity contribution in [2.45, 2.75) is 13.0 Å². The highest BCUT2D eigenvalue weighted by atomic mass is 79.9. The number of nitrogens with zero attached hydrogens (tertiary/aromatic N) is 1. The van der Waals surface area contributed by atoms with Gasteiger partial charge in [-0.25, -0.2) is 5.43 Å². The molecule has 1 N–H and O–H groups in total. The second-order valence-corrected chi connectivity index (χ2v) is 9.10. The first-order chi connectivity index (χ1) is 16.0. The van der Waals surface area contributed by atoms with Gasteiger partial charge in [-0.2, -0.15) is 5.10 Å². The summed E-state index contributed by atoms with van der Waals surface area (Å²) < 4.78 is 13.5. The Labute approximate surface area is 208 Å². The number of ether oxygens (including phenoxy) is 1. The lowest BCUT2D eigenvalue weighted by Gasteiger charge is -2.11. The molecule has 0 aliphatic carbocycles. The minimum atomic E-state index is -0.417. The van der Waals surface area contributed by atoms with Gasteiger partial charge in [-0.3, -0.25) is 4.79 Å². The quantitative estimate of drug-likeness (QED) is 0.141. The maximum Gasteiger partial charge on any atom is 0.307 e. The number of hydrogen-bond donors (Lipinski definition) is 1. The summed E-state index contributed by atoms with van der Waals surface area (Å²) in [6.07, 6.45) is 4.06. The predicted octanol–water partition coefficient (Wildman–Crippen LogP) is 7.03. The molecule has 4 rings (SSSR count). The second-order valence-electron chi connectivity index (χ2n) is 7.27. The third-order valence-electron chi connectivity index (χ3n) is 4.84. The van der Waals surface area contributed by atoms with Crippen molar-refractivity contribution < 1.29 is 13.9 Å². The van der Waals surface area contributed by atoms with Gasteiger partial charge in [0, 0.05) is 14.3 Å². The maximum absolute atomic E-state index is 12.4.